The third kappa shape index (κ3) is 6.50. The summed E-state index contributed by atoms with van der Waals surface area (Å²) in [5.74, 6) is -0.174. The number of allylic oxidation sites excluding steroid dienone is 1. The number of esters is 1. The fourth-order valence-electron chi connectivity index (χ4n) is 1.65. The maximum atomic E-state index is 11.7. The van der Waals surface area contributed by atoms with Crippen molar-refractivity contribution in [3.05, 3.63) is 11.6 Å². The zero-order valence-corrected chi connectivity index (χ0v) is 12.1. The van der Waals surface area contributed by atoms with E-state index in [1.54, 1.807) is 13.0 Å². The van der Waals surface area contributed by atoms with Crippen molar-refractivity contribution >= 4 is 5.97 Å². The molecule has 100 valence electrons. The highest BCUT2D eigenvalue weighted by molar-refractivity contribution is 5.87. The second kappa shape index (κ2) is 8.32. The van der Waals surface area contributed by atoms with E-state index >= 15 is 0 Å². The average molecular weight is 240 g/mol. The molecule has 1 unspecified atom stereocenters. The minimum atomic E-state index is -0.297. The zero-order valence-electron chi connectivity index (χ0n) is 12.1. The highest BCUT2D eigenvalue weighted by Crippen LogP contribution is 2.24. The summed E-state index contributed by atoms with van der Waals surface area (Å²) in [5, 5.41) is 0. The molecule has 0 N–H and O–H groups in total. The first kappa shape index (κ1) is 16.2. The Hall–Kier alpha value is -0.790. The van der Waals surface area contributed by atoms with E-state index in [1.807, 2.05) is 13.8 Å². The third-order valence-corrected chi connectivity index (χ3v) is 3.40. The number of rotatable bonds is 8. The molecule has 2 nitrogen and oxygen atoms in total. The van der Waals surface area contributed by atoms with E-state index in [1.165, 1.54) is 19.3 Å². The summed E-state index contributed by atoms with van der Waals surface area (Å²) in [6, 6.07) is 0. The molecule has 0 aromatic rings. The van der Waals surface area contributed by atoms with E-state index in [-0.39, 0.29) is 11.6 Å². The van der Waals surface area contributed by atoms with Gasteiger partial charge in [0.15, 0.2) is 0 Å². The SMILES string of the molecule is CC=C(C)C(=O)OC(C)(CC)CCCCCC. The van der Waals surface area contributed by atoms with Crippen molar-refractivity contribution in [2.24, 2.45) is 0 Å². The van der Waals surface area contributed by atoms with Crippen LogP contribution in [0.4, 0.5) is 0 Å². The molecule has 0 bridgehead atoms. The molecular weight excluding hydrogens is 212 g/mol. The van der Waals surface area contributed by atoms with Crippen LogP contribution in [0.5, 0.6) is 0 Å². The molecule has 0 rings (SSSR count). The summed E-state index contributed by atoms with van der Waals surface area (Å²) in [5.41, 5.74) is 0.396. The normalized spacial score (nSPS) is 15.5. The maximum Gasteiger partial charge on any atom is 0.333 e. The predicted molar refractivity (Wildman–Crippen MR) is 73.0 cm³/mol. The van der Waals surface area contributed by atoms with Crippen molar-refractivity contribution in [2.45, 2.75) is 78.7 Å². The van der Waals surface area contributed by atoms with Gasteiger partial charge in [0.25, 0.3) is 0 Å². The Kier molecular flexibility index (Phi) is 7.94. The number of hydrogen-bond donors (Lipinski definition) is 0. The van der Waals surface area contributed by atoms with Gasteiger partial charge in [-0.05, 0) is 40.0 Å². The van der Waals surface area contributed by atoms with Crippen molar-refractivity contribution in [1.82, 2.24) is 0 Å². The Bertz CT molecular complexity index is 256. The average Bonchev–Trinajstić information content (AvgIpc) is 2.33. The monoisotopic (exact) mass is 240 g/mol. The molecule has 0 aromatic carbocycles. The molecule has 0 aliphatic rings. The summed E-state index contributed by atoms with van der Waals surface area (Å²) in [7, 11) is 0. The minimum absolute atomic E-state index is 0.174. The lowest BCUT2D eigenvalue weighted by Gasteiger charge is -2.28. The van der Waals surface area contributed by atoms with Gasteiger partial charge in [-0.1, -0.05) is 39.2 Å². The second-order valence-corrected chi connectivity index (χ2v) is 4.98. The summed E-state index contributed by atoms with van der Waals surface area (Å²) in [6.07, 6.45) is 8.51. The fourth-order valence-corrected chi connectivity index (χ4v) is 1.65. The molecule has 0 aliphatic heterocycles. The number of carbonyl (C=O) groups excluding carboxylic acids is 1. The van der Waals surface area contributed by atoms with Crippen LogP contribution < -0.4 is 0 Å². The smallest absolute Gasteiger partial charge is 0.333 e. The fraction of sp³-hybridized carbons (Fsp3) is 0.800. The van der Waals surface area contributed by atoms with Crippen LogP contribution in [0.3, 0.4) is 0 Å². The van der Waals surface area contributed by atoms with E-state index < -0.39 is 0 Å². The zero-order chi connectivity index (χ0) is 13.3. The van der Waals surface area contributed by atoms with Crippen LogP contribution in [-0.2, 0) is 9.53 Å². The molecule has 0 saturated heterocycles. The van der Waals surface area contributed by atoms with Gasteiger partial charge in [-0.15, -0.1) is 0 Å². The molecule has 0 aliphatic carbocycles. The van der Waals surface area contributed by atoms with Crippen LogP contribution in [0.15, 0.2) is 11.6 Å². The standard InChI is InChI=1S/C15H28O2/c1-6-9-10-11-12-15(5,8-3)17-14(16)13(4)7-2/h7H,6,8-12H2,1-5H3. The molecule has 0 heterocycles. The van der Waals surface area contributed by atoms with Gasteiger partial charge in [0.2, 0.25) is 0 Å². The lowest BCUT2D eigenvalue weighted by molar-refractivity contribution is -0.154. The quantitative estimate of drug-likeness (QED) is 0.351. The molecule has 0 spiro atoms. The summed E-state index contributed by atoms with van der Waals surface area (Å²) in [4.78, 5) is 11.7. The maximum absolute atomic E-state index is 11.7. The third-order valence-electron chi connectivity index (χ3n) is 3.40. The molecule has 0 amide bonds. The van der Waals surface area contributed by atoms with Gasteiger partial charge in [-0.25, -0.2) is 4.79 Å². The topological polar surface area (TPSA) is 26.3 Å². The van der Waals surface area contributed by atoms with Crippen LogP contribution in [0.1, 0.15) is 73.1 Å². The van der Waals surface area contributed by atoms with Gasteiger partial charge in [0.05, 0.1) is 0 Å². The van der Waals surface area contributed by atoms with Gasteiger partial charge < -0.3 is 4.74 Å². The lowest BCUT2D eigenvalue weighted by Crippen LogP contribution is -2.31. The van der Waals surface area contributed by atoms with E-state index in [0.717, 1.165) is 19.3 Å². The first-order chi connectivity index (χ1) is 7.99. The van der Waals surface area contributed by atoms with Crippen LogP contribution in [0, 0.1) is 0 Å². The van der Waals surface area contributed by atoms with Gasteiger partial charge in [-0.2, -0.15) is 0 Å². The van der Waals surface area contributed by atoms with Gasteiger partial charge in [0, 0.05) is 5.57 Å². The summed E-state index contributed by atoms with van der Waals surface area (Å²) >= 11 is 0. The molecule has 0 radical (unpaired) electrons. The molecular formula is C15H28O2. The van der Waals surface area contributed by atoms with Crippen molar-refractivity contribution in [1.29, 1.82) is 0 Å². The predicted octanol–water partition coefficient (Wildman–Crippen LogP) is 4.63. The van der Waals surface area contributed by atoms with E-state index in [2.05, 4.69) is 13.8 Å². The van der Waals surface area contributed by atoms with Gasteiger partial charge in [0.1, 0.15) is 5.60 Å². The number of unbranched alkanes of at least 4 members (excludes halogenated alkanes) is 3. The first-order valence-electron chi connectivity index (χ1n) is 6.85. The molecule has 0 aromatic heterocycles. The highest BCUT2D eigenvalue weighted by Gasteiger charge is 2.26. The van der Waals surface area contributed by atoms with Gasteiger partial charge in [-0.3, -0.25) is 0 Å². The molecule has 1 atom stereocenters. The number of carbonyl (C=O) groups is 1. The lowest BCUT2D eigenvalue weighted by atomic mass is 9.95. The first-order valence-corrected chi connectivity index (χ1v) is 6.85. The van der Waals surface area contributed by atoms with Crippen molar-refractivity contribution in [3.8, 4) is 0 Å². The van der Waals surface area contributed by atoms with Crippen LogP contribution >= 0.6 is 0 Å². The number of ether oxygens (including phenoxy) is 1. The summed E-state index contributed by atoms with van der Waals surface area (Å²) in [6.45, 7) is 9.99. The van der Waals surface area contributed by atoms with Crippen LogP contribution in [-0.4, -0.2) is 11.6 Å². The van der Waals surface area contributed by atoms with Crippen molar-refractivity contribution < 1.29 is 9.53 Å². The Balaban J connectivity index is 4.22. The largest absolute Gasteiger partial charge is 0.456 e. The van der Waals surface area contributed by atoms with Crippen LogP contribution in [0.25, 0.3) is 0 Å². The molecule has 17 heavy (non-hydrogen) atoms. The molecule has 0 fully saturated rings. The van der Waals surface area contributed by atoms with E-state index in [9.17, 15) is 4.79 Å². The molecule has 2 heteroatoms. The van der Waals surface area contributed by atoms with E-state index in [4.69, 9.17) is 4.74 Å². The van der Waals surface area contributed by atoms with Crippen LogP contribution in [0.2, 0.25) is 0 Å². The highest BCUT2D eigenvalue weighted by atomic mass is 16.6. The Morgan fingerprint density at radius 1 is 1.24 bits per heavy atom. The minimum Gasteiger partial charge on any atom is -0.456 e. The van der Waals surface area contributed by atoms with E-state index in [0.29, 0.717) is 5.57 Å². The van der Waals surface area contributed by atoms with Crippen molar-refractivity contribution in [3.63, 3.8) is 0 Å². The second-order valence-electron chi connectivity index (χ2n) is 4.98. The summed E-state index contributed by atoms with van der Waals surface area (Å²) < 4.78 is 5.61. The van der Waals surface area contributed by atoms with Crippen molar-refractivity contribution in [2.75, 3.05) is 0 Å². The molecule has 0 saturated carbocycles. The Morgan fingerprint density at radius 2 is 1.88 bits per heavy atom. The Morgan fingerprint density at radius 3 is 2.35 bits per heavy atom. The number of hydrogen-bond acceptors (Lipinski definition) is 2. The van der Waals surface area contributed by atoms with Gasteiger partial charge >= 0.3 is 5.97 Å². The Labute approximate surface area is 106 Å².